The Labute approximate surface area is 104 Å². The number of aliphatic hydroxyl groups is 1. The van der Waals surface area contributed by atoms with Crippen LogP contribution in [0.3, 0.4) is 0 Å². The molecule has 0 aliphatic carbocycles. The topological polar surface area (TPSA) is 108 Å². The number of nitro benzene ring substituents is 1. The third-order valence-electron chi connectivity index (χ3n) is 2.26. The predicted octanol–water partition coefficient (Wildman–Crippen LogP) is 0.822. The molecule has 0 fully saturated rings. The van der Waals surface area contributed by atoms with Gasteiger partial charge in [0, 0.05) is 12.1 Å². The van der Waals surface area contributed by atoms with Crippen molar-refractivity contribution in [3.63, 3.8) is 0 Å². The van der Waals surface area contributed by atoms with E-state index in [2.05, 4.69) is 0 Å². The Balaban J connectivity index is 3.14. The van der Waals surface area contributed by atoms with Gasteiger partial charge < -0.3 is 20.3 Å². The lowest BCUT2D eigenvalue weighted by Gasteiger charge is -2.13. The third-order valence-corrected chi connectivity index (χ3v) is 2.26. The molecule has 0 saturated carbocycles. The molecule has 1 aromatic rings. The van der Waals surface area contributed by atoms with E-state index in [9.17, 15) is 10.1 Å². The van der Waals surface area contributed by atoms with Crippen molar-refractivity contribution >= 4 is 5.69 Å². The number of nitrogens with two attached hydrogens (primary N) is 1. The zero-order valence-electron chi connectivity index (χ0n) is 10.3. The van der Waals surface area contributed by atoms with E-state index in [1.165, 1.54) is 19.2 Å². The molecule has 100 valence electrons. The SMILES string of the molecule is COc1cc(CN)c([N+](=O)[O-])cc1OCC(C)O. The van der Waals surface area contributed by atoms with Crippen molar-refractivity contribution in [2.24, 2.45) is 5.73 Å². The van der Waals surface area contributed by atoms with Crippen LogP contribution in [-0.2, 0) is 6.54 Å². The van der Waals surface area contributed by atoms with Crippen LogP contribution in [0.2, 0.25) is 0 Å². The minimum atomic E-state index is -0.678. The van der Waals surface area contributed by atoms with Gasteiger partial charge >= 0.3 is 0 Å². The highest BCUT2D eigenvalue weighted by molar-refractivity contribution is 5.54. The molecular weight excluding hydrogens is 240 g/mol. The van der Waals surface area contributed by atoms with Gasteiger partial charge in [-0.3, -0.25) is 10.1 Å². The molecule has 18 heavy (non-hydrogen) atoms. The molecule has 0 spiro atoms. The van der Waals surface area contributed by atoms with Gasteiger partial charge in [0.1, 0.15) is 6.61 Å². The van der Waals surface area contributed by atoms with Crippen molar-refractivity contribution in [3.05, 3.63) is 27.8 Å². The Kier molecular flexibility index (Phi) is 4.87. The highest BCUT2D eigenvalue weighted by atomic mass is 16.6. The first kappa shape index (κ1) is 14.2. The van der Waals surface area contributed by atoms with Crippen LogP contribution in [-0.4, -0.2) is 29.9 Å². The second-order valence-electron chi connectivity index (χ2n) is 3.75. The summed E-state index contributed by atoms with van der Waals surface area (Å²) in [5.41, 5.74) is 5.68. The van der Waals surface area contributed by atoms with Crippen LogP contribution in [0.5, 0.6) is 11.5 Å². The summed E-state index contributed by atoms with van der Waals surface area (Å²) in [4.78, 5) is 10.3. The largest absolute Gasteiger partial charge is 0.493 e. The highest BCUT2D eigenvalue weighted by Crippen LogP contribution is 2.34. The monoisotopic (exact) mass is 256 g/mol. The molecule has 1 aromatic carbocycles. The molecule has 7 nitrogen and oxygen atoms in total. The maximum Gasteiger partial charge on any atom is 0.277 e. The van der Waals surface area contributed by atoms with Crippen LogP contribution in [0.15, 0.2) is 12.1 Å². The van der Waals surface area contributed by atoms with E-state index >= 15 is 0 Å². The van der Waals surface area contributed by atoms with Gasteiger partial charge in [0.2, 0.25) is 0 Å². The van der Waals surface area contributed by atoms with Gasteiger partial charge in [-0.15, -0.1) is 0 Å². The number of rotatable bonds is 6. The van der Waals surface area contributed by atoms with Gasteiger partial charge in [-0.25, -0.2) is 0 Å². The second kappa shape index (κ2) is 6.18. The average molecular weight is 256 g/mol. The number of methoxy groups -OCH3 is 1. The number of benzene rings is 1. The first-order chi connectivity index (χ1) is 8.49. The van der Waals surface area contributed by atoms with Gasteiger partial charge in [-0.2, -0.15) is 0 Å². The lowest BCUT2D eigenvalue weighted by molar-refractivity contribution is -0.385. The number of nitro groups is 1. The summed E-state index contributed by atoms with van der Waals surface area (Å²) in [6, 6.07) is 2.72. The standard InChI is InChI=1S/C11H16N2O5/c1-7(14)6-18-11-4-9(13(15)16)8(5-12)3-10(11)17-2/h3-4,7,14H,5-6,12H2,1-2H3. The molecule has 7 heteroatoms. The fourth-order valence-electron chi connectivity index (χ4n) is 1.41. The number of hydrogen-bond acceptors (Lipinski definition) is 6. The molecule has 0 aliphatic rings. The lowest BCUT2D eigenvalue weighted by atomic mass is 10.1. The Morgan fingerprint density at radius 1 is 1.50 bits per heavy atom. The summed E-state index contributed by atoms with van der Waals surface area (Å²) in [6.45, 7) is 1.61. The first-order valence-electron chi connectivity index (χ1n) is 5.35. The van der Waals surface area contributed by atoms with Crippen molar-refractivity contribution in [1.29, 1.82) is 0 Å². The van der Waals surface area contributed by atoms with Crippen LogP contribution < -0.4 is 15.2 Å². The zero-order chi connectivity index (χ0) is 13.7. The lowest BCUT2D eigenvalue weighted by Crippen LogP contribution is -2.13. The number of hydrogen-bond donors (Lipinski definition) is 2. The van der Waals surface area contributed by atoms with Crippen molar-refractivity contribution in [2.75, 3.05) is 13.7 Å². The van der Waals surface area contributed by atoms with E-state index in [0.29, 0.717) is 11.3 Å². The van der Waals surface area contributed by atoms with Crippen molar-refractivity contribution < 1.29 is 19.5 Å². The molecule has 0 bridgehead atoms. The predicted molar refractivity (Wildman–Crippen MR) is 64.7 cm³/mol. The van der Waals surface area contributed by atoms with Gasteiger partial charge in [-0.05, 0) is 13.0 Å². The van der Waals surface area contributed by atoms with Gasteiger partial charge in [0.05, 0.1) is 24.2 Å². The molecule has 0 radical (unpaired) electrons. The van der Waals surface area contributed by atoms with E-state index < -0.39 is 11.0 Å². The van der Waals surface area contributed by atoms with E-state index in [1.54, 1.807) is 6.92 Å². The first-order valence-corrected chi connectivity index (χ1v) is 5.35. The Morgan fingerprint density at radius 3 is 2.61 bits per heavy atom. The van der Waals surface area contributed by atoms with Crippen LogP contribution in [0, 0.1) is 10.1 Å². The maximum absolute atomic E-state index is 10.9. The Morgan fingerprint density at radius 2 is 2.17 bits per heavy atom. The van der Waals surface area contributed by atoms with Crippen LogP contribution in [0.4, 0.5) is 5.69 Å². The van der Waals surface area contributed by atoms with Crippen molar-refractivity contribution in [1.82, 2.24) is 0 Å². The number of ether oxygens (including phenoxy) is 2. The maximum atomic E-state index is 10.9. The van der Waals surface area contributed by atoms with Gasteiger partial charge in [0.15, 0.2) is 11.5 Å². The molecule has 0 aliphatic heterocycles. The van der Waals surface area contributed by atoms with E-state index in [4.69, 9.17) is 20.3 Å². The van der Waals surface area contributed by atoms with Crippen LogP contribution >= 0.6 is 0 Å². The normalized spacial score (nSPS) is 12.0. The van der Waals surface area contributed by atoms with Crippen LogP contribution in [0.1, 0.15) is 12.5 Å². The van der Waals surface area contributed by atoms with Gasteiger partial charge in [-0.1, -0.05) is 0 Å². The molecule has 3 N–H and O–H groups in total. The molecule has 0 saturated heterocycles. The quantitative estimate of drug-likeness (QED) is 0.576. The zero-order valence-corrected chi connectivity index (χ0v) is 10.3. The minimum Gasteiger partial charge on any atom is -0.493 e. The summed E-state index contributed by atoms with van der Waals surface area (Å²) >= 11 is 0. The highest BCUT2D eigenvalue weighted by Gasteiger charge is 2.19. The molecular formula is C11H16N2O5. The van der Waals surface area contributed by atoms with E-state index in [1.807, 2.05) is 0 Å². The van der Waals surface area contributed by atoms with Crippen molar-refractivity contribution in [3.8, 4) is 11.5 Å². The summed E-state index contributed by atoms with van der Waals surface area (Å²) in [5, 5.41) is 20.0. The van der Waals surface area contributed by atoms with Crippen LogP contribution in [0.25, 0.3) is 0 Å². The Hall–Kier alpha value is -1.86. The molecule has 1 rings (SSSR count). The molecule has 0 aromatic heterocycles. The molecule has 1 unspecified atom stereocenters. The fourth-order valence-corrected chi connectivity index (χ4v) is 1.41. The second-order valence-corrected chi connectivity index (χ2v) is 3.75. The number of nitrogens with zero attached hydrogens (tertiary/aromatic N) is 1. The third kappa shape index (κ3) is 3.31. The minimum absolute atomic E-state index is 0.0233. The van der Waals surface area contributed by atoms with E-state index in [-0.39, 0.29) is 24.6 Å². The summed E-state index contributed by atoms with van der Waals surface area (Å²) in [7, 11) is 1.43. The van der Waals surface area contributed by atoms with Crippen molar-refractivity contribution in [2.45, 2.75) is 19.6 Å². The molecule has 0 amide bonds. The summed E-state index contributed by atoms with van der Waals surface area (Å²) in [5.74, 6) is 0.559. The average Bonchev–Trinajstić information content (AvgIpc) is 2.34. The summed E-state index contributed by atoms with van der Waals surface area (Å²) in [6.07, 6.45) is -0.678. The smallest absolute Gasteiger partial charge is 0.277 e. The molecule has 1 atom stereocenters. The van der Waals surface area contributed by atoms with Gasteiger partial charge in [0.25, 0.3) is 5.69 Å². The fraction of sp³-hybridized carbons (Fsp3) is 0.455. The van der Waals surface area contributed by atoms with E-state index in [0.717, 1.165) is 0 Å². The molecule has 0 heterocycles. The number of aliphatic hydroxyl groups excluding tert-OH is 1. The Bertz CT molecular complexity index is 434. The summed E-state index contributed by atoms with van der Waals surface area (Å²) < 4.78 is 10.3.